The van der Waals surface area contributed by atoms with E-state index in [1.54, 1.807) is 17.8 Å². The Kier molecular flexibility index (Phi) is 6.44. The third-order valence-electron chi connectivity index (χ3n) is 6.98. The van der Waals surface area contributed by atoms with Gasteiger partial charge in [0.05, 0.1) is 43.2 Å². The zero-order valence-electron chi connectivity index (χ0n) is 20.8. The van der Waals surface area contributed by atoms with Crippen LogP contribution in [0, 0.1) is 31.8 Å². The van der Waals surface area contributed by atoms with Gasteiger partial charge in [-0.05, 0) is 64.5 Å². The maximum absolute atomic E-state index is 9.73. The van der Waals surface area contributed by atoms with E-state index in [-0.39, 0.29) is 0 Å². The van der Waals surface area contributed by atoms with Gasteiger partial charge in [0.2, 0.25) is 5.69 Å². The summed E-state index contributed by atoms with van der Waals surface area (Å²) >= 11 is 1.47. The second kappa shape index (κ2) is 9.69. The van der Waals surface area contributed by atoms with Crippen LogP contribution in [0.5, 0.6) is 5.75 Å². The van der Waals surface area contributed by atoms with Crippen LogP contribution < -0.4 is 4.74 Å². The van der Waals surface area contributed by atoms with E-state index in [1.807, 2.05) is 31.5 Å². The fourth-order valence-corrected chi connectivity index (χ4v) is 6.08. The van der Waals surface area contributed by atoms with Crippen molar-refractivity contribution >= 4 is 23.0 Å². The Morgan fingerprint density at radius 3 is 2.64 bits per heavy atom. The summed E-state index contributed by atoms with van der Waals surface area (Å²) in [5.41, 5.74) is 5.72. The molecule has 0 radical (unpaired) electrons. The van der Waals surface area contributed by atoms with E-state index in [2.05, 4.69) is 45.6 Å². The molecule has 3 aromatic heterocycles. The first kappa shape index (κ1) is 23.9. The first-order valence-electron chi connectivity index (χ1n) is 11.8. The van der Waals surface area contributed by atoms with Gasteiger partial charge in [0, 0.05) is 32.8 Å². The van der Waals surface area contributed by atoms with Crippen molar-refractivity contribution in [3.05, 3.63) is 65.0 Å². The first-order chi connectivity index (χ1) is 17.4. The van der Waals surface area contributed by atoms with Crippen molar-refractivity contribution in [3.63, 3.8) is 0 Å². The fourth-order valence-electron chi connectivity index (χ4n) is 4.92. The van der Waals surface area contributed by atoms with Crippen molar-refractivity contribution in [2.24, 2.45) is 0 Å². The molecule has 4 heterocycles. The van der Waals surface area contributed by atoms with Crippen LogP contribution in [0.1, 0.15) is 35.7 Å². The number of rotatable bonds is 5. The number of ether oxygens (including phenoxy) is 1. The summed E-state index contributed by atoms with van der Waals surface area (Å²) in [4.78, 5) is 7.82. The molecule has 1 aliphatic rings. The van der Waals surface area contributed by atoms with Gasteiger partial charge in [0.1, 0.15) is 11.8 Å². The molecule has 0 unspecified atom stereocenters. The molecule has 1 fully saturated rings. The molecule has 1 aliphatic heterocycles. The molecule has 8 nitrogen and oxygen atoms in total. The Morgan fingerprint density at radius 1 is 1.17 bits per heavy atom. The number of hydrogen-bond acceptors (Lipinski definition) is 6. The second-order valence-corrected chi connectivity index (χ2v) is 10.2. The number of benzene rings is 1. The summed E-state index contributed by atoms with van der Waals surface area (Å²) in [5.74, 6) is 0.684. The lowest BCUT2D eigenvalue weighted by atomic mass is 10.0. The van der Waals surface area contributed by atoms with Gasteiger partial charge in [0.25, 0.3) is 0 Å². The summed E-state index contributed by atoms with van der Waals surface area (Å²) in [7, 11) is 3.77. The smallest absolute Gasteiger partial charge is 0.207 e. The van der Waals surface area contributed by atoms with E-state index >= 15 is 0 Å². The number of piperidine rings is 1. The maximum atomic E-state index is 9.73. The zero-order valence-corrected chi connectivity index (χ0v) is 21.6. The molecule has 1 aromatic carbocycles. The molecule has 4 aromatic rings. The van der Waals surface area contributed by atoms with E-state index < -0.39 is 0 Å². The third-order valence-corrected chi connectivity index (χ3v) is 8.06. The normalized spacial score (nSPS) is 14.6. The highest BCUT2D eigenvalue weighted by Crippen LogP contribution is 2.43. The van der Waals surface area contributed by atoms with Crippen molar-refractivity contribution < 1.29 is 4.74 Å². The number of fused-ring (bicyclic) bond motifs is 1. The van der Waals surface area contributed by atoms with Gasteiger partial charge in [-0.2, -0.15) is 15.5 Å². The monoisotopic (exact) mass is 497 g/mol. The Hall–Kier alpha value is -3.79. The van der Waals surface area contributed by atoms with Crippen molar-refractivity contribution in [3.8, 4) is 22.9 Å². The molecule has 0 amide bonds. The Bertz CT molecular complexity index is 1530. The van der Waals surface area contributed by atoms with Crippen molar-refractivity contribution in [1.29, 1.82) is 5.26 Å². The van der Waals surface area contributed by atoms with Gasteiger partial charge in [0.15, 0.2) is 0 Å². The summed E-state index contributed by atoms with van der Waals surface area (Å²) in [6.07, 6.45) is 7.64. The van der Waals surface area contributed by atoms with Crippen LogP contribution >= 0.6 is 11.8 Å². The number of aromatic nitrogens is 4. The minimum Gasteiger partial charge on any atom is -0.498 e. The minimum absolute atomic E-state index is 0.394. The van der Waals surface area contributed by atoms with Gasteiger partial charge in [-0.15, -0.1) is 0 Å². The summed E-state index contributed by atoms with van der Waals surface area (Å²) in [5, 5.41) is 19.0. The highest BCUT2D eigenvalue weighted by Gasteiger charge is 2.23. The van der Waals surface area contributed by atoms with Crippen LogP contribution in [-0.4, -0.2) is 51.5 Å². The first-order valence-corrected chi connectivity index (χ1v) is 12.6. The van der Waals surface area contributed by atoms with Gasteiger partial charge < -0.3 is 9.64 Å². The highest BCUT2D eigenvalue weighted by molar-refractivity contribution is 7.99. The zero-order chi connectivity index (χ0) is 25.4. The lowest BCUT2D eigenvalue weighted by Crippen LogP contribution is -2.32. The molecular formula is C27H27N7OS. The average molecular weight is 498 g/mol. The molecular weight excluding hydrogens is 470 g/mol. The molecule has 0 atom stereocenters. The van der Waals surface area contributed by atoms with E-state index in [1.165, 1.54) is 11.8 Å². The molecule has 0 aliphatic carbocycles. The number of likely N-dealkylation sites (tertiary alicyclic amines) is 1. The van der Waals surface area contributed by atoms with Crippen LogP contribution in [0.25, 0.3) is 21.5 Å². The molecule has 9 heteroatoms. The average Bonchev–Trinajstić information content (AvgIpc) is 3.48. The third kappa shape index (κ3) is 4.11. The largest absolute Gasteiger partial charge is 0.498 e. The Morgan fingerprint density at radius 2 is 1.94 bits per heavy atom. The Labute approximate surface area is 214 Å². The van der Waals surface area contributed by atoms with E-state index in [0.29, 0.717) is 23.0 Å². The van der Waals surface area contributed by atoms with Gasteiger partial charge >= 0.3 is 0 Å². The number of hydrogen-bond donors (Lipinski definition) is 0. The van der Waals surface area contributed by atoms with E-state index in [4.69, 9.17) is 16.4 Å². The number of nitrogens with zero attached hydrogens (tertiary/aromatic N) is 7. The van der Waals surface area contributed by atoms with Crippen LogP contribution in [0.4, 0.5) is 5.69 Å². The Balaban J connectivity index is 1.60. The summed E-state index contributed by atoms with van der Waals surface area (Å²) in [6, 6.07) is 8.52. The minimum atomic E-state index is 0.394. The molecule has 0 N–H and O–H groups in total. The van der Waals surface area contributed by atoms with Gasteiger partial charge in [-0.3, -0.25) is 4.68 Å². The topological polar surface area (TPSA) is 75.7 Å². The number of nitriles is 1. The van der Waals surface area contributed by atoms with Gasteiger partial charge in [-0.25, -0.2) is 9.36 Å². The van der Waals surface area contributed by atoms with Gasteiger partial charge in [-0.1, -0.05) is 17.8 Å². The molecule has 5 rings (SSSR count). The second-order valence-electron chi connectivity index (χ2n) is 9.13. The predicted molar refractivity (Wildman–Crippen MR) is 140 cm³/mol. The lowest BCUT2D eigenvalue weighted by molar-refractivity contribution is 0.210. The standard InChI is InChI=1S/C27H27N7OS/c1-17-23(35-5)6-7-24(26(17)29-3)36-25-12-19(16-33-27(25)20(13-28)14-30-33)22-15-31-34(18(22)2)21-8-10-32(4)11-9-21/h6-7,12,14-16,21H,8-11H2,1-2,4-5H3. The molecule has 0 spiro atoms. The molecule has 0 bridgehead atoms. The molecule has 36 heavy (non-hydrogen) atoms. The quantitative estimate of drug-likeness (QED) is 0.331. The summed E-state index contributed by atoms with van der Waals surface area (Å²) < 4.78 is 9.33. The van der Waals surface area contributed by atoms with Crippen LogP contribution in [0.2, 0.25) is 0 Å². The molecule has 182 valence electrons. The maximum Gasteiger partial charge on any atom is 0.207 e. The van der Waals surface area contributed by atoms with E-state index in [0.717, 1.165) is 63.6 Å². The molecule has 1 saturated heterocycles. The summed E-state index contributed by atoms with van der Waals surface area (Å²) in [6.45, 7) is 13.9. The van der Waals surface area contributed by atoms with Crippen LogP contribution in [0.3, 0.4) is 0 Å². The lowest BCUT2D eigenvalue weighted by Gasteiger charge is -2.29. The number of methoxy groups -OCH3 is 1. The molecule has 0 saturated carbocycles. The van der Waals surface area contributed by atoms with Crippen LogP contribution in [-0.2, 0) is 0 Å². The SMILES string of the molecule is [C-]#[N+]c1c(Sc2cc(-c3cnn(C4CCN(C)CC4)c3C)cn3ncc(C#N)c23)ccc(OC)c1C. The number of pyridine rings is 1. The highest BCUT2D eigenvalue weighted by atomic mass is 32.2. The predicted octanol–water partition coefficient (Wildman–Crippen LogP) is 5.66. The fraction of sp³-hybridized carbons (Fsp3) is 0.333. The van der Waals surface area contributed by atoms with Crippen molar-refractivity contribution in [2.75, 3.05) is 27.2 Å². The van der Waals surface area contributed by atoms with E-state index in [9.17, 15) is 5.26 Å². The van der Waals surface area contributed by atoms with Crippen molar-refractivity contribution in [2.45, 2.75) is 42.5 Å². The van der Waals surface area contributed by atoms with Crippen molar-refractivity contribution in [1.82, 2.24) is 24.3 Å². The van der Waals surface area contributed by atoms with Crippen LogP contribution in [0.15, 0.2) is 46.6 Å².